The number of benzene rings is 2. The highest BCUT2D eigenvalue weighted by atomic mass is 16.5. The van der Waals surface area contributed by atoms with Crippen LogP contribution < -0.4 is 15.0 Å². The zero-order valence-electron chi connectivity index (χ0n) is 15.5. The first kappa shape index (κ1) is 19.3. The lowest BCUT2D eigenvalue weighted by atomic mass is 10.1. The Kier molecular flexibility index (Phi) is 7.76. The quantitative estimate of drug-likeness (QED) is 0.696. The highest BCUT2D eigenvalue weighted by Gasteiger charge is 2.08. The molecule has 0 amide bonds. The maximum Gasteiger partial charge on any atom is 0.120 e. The molecule has 25 heavy (non-hydrogen) atoms. The van der Waals surface area contributed by atoms with Gasteiger partial charge in [0.1, 0.15) is 5.75 Å². The van der Waals surface area contributed by atoms with Crippen molar-refractivity contribution in [3.63, 3.8) is 0 Å². The molecule has 0 atom stereocenters. The molecule has 136 valence electrons. The summed E-state index contributed by atoms with van der Waals surface area (Å²) in [6.07, 6.45) is 1.04. The highest BCUT2D eigenvalue weighted by Crippen LogP contribution is 2.22. The molecule has 0 radical (unpaired) electrons. The molecule has 4 nitrogen and oxygen atoms in total. The van der Waals surface area contributed by atoms with Crippen LogP contribution in [0.2, 0.25) is 0 Å². The van der Waals surface area contributed by atoms with Crippen LogP contribution in [-0.4, -0.2) is 38.0 Å². The Labute approximate surface area is 151 Å². The Morgan fingerprint density at radius 3 is 2.44 bits per heavy atom. The zero-order chi connectivity index (χ0) is 18.1. The molecule has 0 unspecified atom stereocenters. The molecule has 0 saturated heterocycles. The number of hydrogen-bond acceptors (Lipinski definition) is 4. The summed E-state index contributed by atoms with van der Waals surface area (Å²) in [5.74, 6) is 0.827. The molecule has 0 aliphatic rings. The average molecular weight is 342 g/mol. The first-order valence-corrected chi connectivity index (χ1v) is 8.93. The van der Waals surface area contributed by atoms with E-state index in [0.29, 0.717) is 12.6 Å². The predicted octanol–water partition coefficient (Wildman–Crippen LogP) is 3.23. The maximum atomic E-state index is 9.41. The molecule has 2 aromatic rings. The highest BCUT2D eigenvalue weighted by molar-refractivity contribution is 5.51. The van der Waals surface area contributed by atoms with Gasteiger partial charge in [-0.05, 0) is 36.2 Å². The Bertz CT molecular complexity index is 626. The summed E-state index contributed by atoms with van der Waals surface area (Å²) >= 11 is 0. The molecule has 2 N–H and O–H groups in total. The van der Waals surface area contributed by atoms with Crippen LogP contribution in [0.5, 0.6) is 5.75 Å². The molecular weight excluding hydrogens is 312 g/mol. The van der Waals surface area contributed by atoms with Gasteiger partial charge in [0.25, 0.3) is 0 Å². The van der Waals surface area contributed by atoms with Crippen molar-refractivity contribution in [2.45, 2.75) is 32.9 Å². The fraction of sp³-hybridized carbons (Fsp3) is 0.429. The van der Waals surface area contributed by atoms with E-state index < -0.39 is 0 Å². The van der Waals surface area contributed by atoms with Crippen LogP contribution in [0.25, 0.3) is 0 Å². The van der Waals surface area contributed by atoms with Crippen LogP contribution in [-0.2, 0) is 13.0 Å². The van der Waals surface area contributed by atoms with Crippen LogP contribution in [0, 0.1) is 0 Å². The molecule has 0 aromatic heterocycles. The molecule has 4 heteroatoms. The van der Waals surface area contributed by atoms with Crippen molar-refractivity contribution < 1.29 is 9.84 Å². The van der Waals surface area contributed by atoms with E-state index in [-0.39, 0.29) is 6.61 Å². The summed E-state index contributed by atoms with van der Waals surface area (Å²) < 4.78 is 5.31. The van der Waals surface area contributed by atoms with Gasteiger partial charge in [0.15, 0.2) is 0 Å². The fourth-order valence-electron chi connectivity index (χ4n) is 2.76. The van der Waals surface area contributed by atoms with Gasteiger partial charge >= 0.3 is 0 Å². The number of rotatable bonds is 10. The van der Waals surface area contributed by atoms with E-state index in [9.17, 15) is 5.11 Å². The van der Waals surface area contributed by atoms with Crippen LogP contribution >= 0.6 is 0 Å². The molecule has 0 aliphatic carbocycles. The Hall–Kier alpha value is -2.04. The minimum absolute atomic E-state index is 0.121. The number of ether oxygens (including phenoxy) is 1. The van der Waals surface area contributed by atoms with Gasteiger partial charge in [-0.25, -0.2) is 0 Å². The topological polar surface area (TPSA) is 44.7 Å². The van der Waals surface area contributed by atoms with Crippen molar-refractivity contribution in [1.29, 1.82) is 0 Å². The minimum atomic E-state index is 0.121. The second kappa shape index (κ2) is 10.1. The fourth-order valence-corrected chi connectivity index (χ4v) is 2.76. The predicted molar refractivity (Wildman–Crippen MR) is 104 cm³/mol. The van der Waals surface area contributed by atoms with Crippen molar-refractivity contribution in [2.75, 3.05) is 31.7 Å². The van der Waals surface area contributed by atoms with Gasteiger partial charge in [-0.1, -0.05) is 44.2 Å². The van der Waals surface area contributed by atoms with Crippen molar-refractivity contribution in [1.82, 2.24) is 5.32 Å². The second-order valence-corrected chi connectivity index (χ2v) is 6.52. The normalized spacial score (nSPS) is 10.9. The number of aliphatic hydroxyl groups is 1. The summed E-state index contributed by atoms with van der Waals surface area (Å²) in [4.78, 5) is 2.16. The van der Waals surface area contributed by atoms with E-state index in [0.717, 1.165) is 30.9 Å². The number of methoxy groups -OCH3 is 1. The zero-order valence-corrected chi connectivity index (χ0v) is 15.5. The minimum Gasteiger partial charge on any atom is -0.497 e. The van der Waals surface area contributed by atoms with E-state index in [1.807, 2.05) is 24.3 Å². The molecule has 2 rings (SSSR count). The van der Waals surface area contributed by atoms with E-state index in [4.69, 9.17) is 4.74 Å². The molecular formula is C21H30N2O2. The van der Waals surface area contributed by atoms with E-state index in [1.54, 1.807) is 7.11 Å². The number of nitrogens with one attached hydrogen (secondary N) is 1. The Morgan fingerprint density at radius 1 is 1.08 bits per heavy atom. The smallest absolute Gasteiger partial charge is 0.120 e. The van der Waals surface area contributed by atoms with Crippen molar-refractivity contribution in [3.05, 3.63) is 59.7 Å². The SMILES string of the molecule is COc1cccc(N(CCO)Cc2ccc(CCNC(C)C)cc2)c1. The molecule has 0 heterocycles. The lowest BCUT2D eigenvalue weighted by Crippen LogP contribution is -2.26. The van der Waals surface area contributed by atoms with E-state index >= 15 is 0 Å². The second-order valence-electron chi connectivity index (χ2n) is 6.52. The first-order valence-electron chi connectivity index (χ1n) is 8.93. The average Bonchev–Trinajstić information content (AvgIpc) is 2.62. The first-order chi connectivity index (χ1) is 12.1. The number of anilines is 1. The number of nitrogens with zero attached hydrogens (tertiary/aromatic N) is 1. The number of aliphatic hydroxyl groups excluding tert-OH is 1. The lowest BCUT2D eigenvalue weighted by molar-refractivity contribution is 0.301. The van der Waals surface area contributed by atoms with Crippen molar-refractivity contribution in [3.8, 4) is 5.75 Å². The van der Waals surface area contributed by atoms with Gasteiger partial charge in [-0.2, -0.15) is 0 Å². The molecule has 0 spiro atoms. The molecule has 0 bridgehead atoms. The summed E-state index contributed by atoms with van der Waals surface area (Å²) in [6, 6.07) is 17.2. The Balaban J connectivity index is 2.01. The van der Waals surface area contributed by atoms with Gasteiger partial charge in [0.05, 0.1) is 13.7 Å². The monoisotopic (exact) mass is 342 g/mol. The molecule has 0 aliphatic heterocycles. The van der Waals surface area contributed by atoms with Crippen LogP contribution in [0.4, 0.5) is 5.69 Å². The molecule has 0 fully saturated rings. The van der Waals surface area contributed by atoms with Gasteiger partial charge < -0.3 is 20.1 Å². The van der Waals surface area contributed by atoms with Crippen LogP contribution in [0.1, 0.15) is 25.0 Å². The van der Waals surface area contributed by atoms with Crippen molar-refractivity contribution >= 4 is 5.69 Å². The molecule has 2 aromatic carbocycles. The molecule has 0 saturated carbocycles. The summed E-state index contributed by atoms with van der Waals surface area (Å²) in [5, 5.41) is 12.9. The van der Waals surface area contributed by atoms with Crippen molar-refractivity contribution in [2.24, 2.45) is 0 Å². The third-order valence-corrected chi connectivity index (χ3v) is 4.15. The largest absolute Gasteiger partial charge is 0.497 e. The van der Waals surface area contributed by atoms with Gasteiger partial charge in [-0.3, -0.25) is 0 Å². The summed E-state index contributed by atoms with van der Waals surface area (Å²) in [5.41, 5.74) is 3.63. The van der Waals surface area contributed by atoms with E-state index in [1.165, 1.54) is 11.1 Å². The van der Waals surface area contributed by atoms with Gasteiger partial charge in [-0.15, -0.1) is 0 Å². The van der Waals surface area contributed by atoms with Gasteiger partial charge in [0.2, 0.25) is 0 Å². The van der Waals surface area contributed by atoms with Gasteiger partial charge in [0, 0.05) is 30.9 Å². The summed E-state index contributed by atoms with van der Waals surface area (Å²) in [6.45, 7) is 6.80. The maximum absolute atomic E-state index is 9.41. The lowest BCUT2D eigenvalue weighted by Gasteiger charge is -2.24. The third-order valence-electron chi connectivity index (χ3n) is 4.15. The third kappa shape index (κ3) is 6.40. The standard InChI is InChI=1S/C21H30N2O2/c1-17(2)22-12-11-18-7-9-19(10-8-18)16-23(13-14-24)20-5-4-6-21(15-20)25-3/h4-10,15,17,22,24H,11-14,16H2,1-3H3. The summed E-state index contributed by atoms with van der Waals surface area (Å²) in [7, 11) is 1.67. The Morgan fingerprint density at radius 2 is 1.80 bits per heavy atom. The number of hydrogen-bond donors (Lipinski definition) is 2. The van der Waals surface area contributed by atoms with Crippen LogP contribution in [0.3, 0.4) is 0 Å². The van der Waals surface area contributed by atoms with E-state index in [2.05, 4.69) is 48.3 Å². The van der Waals surface area contributed by atoms with Crippen LogP contribution in [0.15, 0.2) is 48.5 Å².